The summed E-state index contributed by atoms with van der Waals surface area (Å²) in [5.41, 5.74) is 0. The van der Waals surface area contributed by atoms with Crippen LogP contribution in [0.1, 0.15) is 37.4 Å². The molecule has 0 saturated heterocycles. The Bertz CT molecular complexity index is 788. The number of thioether (sulfide) groups is 1. The number of hydrogen-bond donors (Lipinski definition) is 0. The molecule has 0 aliphatic heterocycles. The molecule has 3 aromatic rings. The number of nitrogens with zero attached hydrogens (tertiary/aromatic N) is 4. The van der Waals surface area contributed by atoms with E-state index < -0.39 is 0 Å². The van der Waals surface area contributed by atoms with Crippen LogP contribution in [0.25, 0.3) is 0 Å². The molecule has 0 atom stereocenters. The van der Waals surface area contributed by atoms with Gasteiger partial charge in [-0.25, -0.2) is 0 Å². The topological polar surface area (TPSA) is 87.1 Å². The largest absolute Gasteiger partial charge is 0.484 e. The van der Waals surface area contributed by atoms with Crippen LogP contribution in [-0.2, 0) is 12.4 Å². The highest BCUT2D eigenvalue weighted by atomic mass is 35.5. The van der Waals surface area contributed by atoms with Gasteiger partial charge in [0.15, 0.2) is 12.4 Å². The lowest BCUT2D eigenvalue weighted by molar-refractivity contribution is 0.252. The number of hydrogen-bond acceptors (Lipinski definition) is 8. The molecule has 0 aliphatic rings. The van der Waals surface area contributed by atoms with Gasteiger partial charge >= 0.3 is 0 Å². The van der Waals surface area contributed by atoms with Crippen molar-refractivity contribution >= 4 is 23.4 Å². The van der Waals surface area contributed by atoms with Crippen LogP contribution in [0.3, 0.4) is 0 Å². The molecule has 0 spiro atoms. The summed E-state index contributed by atoms with van der Waals surface area (Å²) in [5, 5.41) is 12.9. The maximum atomic E-state index is 5.82. The zero-order chi connectivity index (χ0) is 16.9. The Balaban J connectivity index is 1.50. The molecule has 0 aliphatic carbocycles. The predicted octanol–water partition coefficient (Wildman–Crippen LogP) is 4.10. The Morgan fingerprint density at radius 2 is 2.00 bits per heavy atom. The van der Waals surface area contributed by atoms with Crippen molar-refractivity contribution in [2.75, 3.05) is 0 Å². The molecular formula is C15H15ClN4O3S. The maximum Gasteiger partial charge on any atom is 0.277 e. The van der Waals surface area contributed by atoms with E-state index in [0.717, 1.165) is 0 Å². The quantitative estimate of drug-likeness (QED) is 0.577. The summed E-state index contributed by atoms with van der Waals surface area (Å²) in [6.07, 6.45) is 0. The summed E-state index contributed by atoms with van der Waals surface area (Å²) < 4.78 is 16.2. The van der Waals surface area contributed by atoms with Crippen LogP contribution in [0.5, 0.6) is 5.75 Å². The van der Waals surface area contributed by atoms with Crippen molar-refractivity contribution in [3.63, 3.8) is 0 Å². The Hall–Kier alpha value is -2.06. The minimum absolute atomic E-state index is 0.189. The van der Waals surface area contributed by atoms with E-state index >= 15 is 0 Å². The molecule has 2 heterocycles. The second-order valence-electron chi connectivity index (χ2n) is 5.20. The molecule has 1 aromatic carbocycles. The fourth-order valence-corrected chi connectivity index (χ4v) is 2.47. The molecular weight excluding hydrogens is 352 g/mol. The highest BCUT2D eigenvalue weighted by molar-refractivity contribution is 7.98. The van der Waals surface area contributed by atoms with Gasteiger partial charge in [-0.3, -0.25) is 0 Å². The van der Waals surface area contributed by atoms with Gasteiger partial charge in [0.2, 0.25) is 5.89 Å². The highest BCUT2D eigenvalue weighted by Crippen LogP contribution is 2.22. The van der Waals surface area contributed by atoms with Crippen molar-refractivity contribution < 1.29 is 13.7 Å². The lowest BCUT2D eigenvalue weighted by Crippen LogP contribution is -1.95. The first-order valence-electron chi connectivity index (χ1n) is 7.26. The van der Waals surface area contributed by atoms with Crippen LogP contribution in [0.2, 0.25) is 5.02 Å². The van der Waals surface area contributed by atoms with Crippen LogP contribution in [-0.4, -0.2) is 20.3 Å². The van der Waals surface area contributed by atoms with Gasteiger partial charge < -0.3 is 13.7 Å². The van der Waals surface area contributed by atoms with E-state index in [1.54, 1.807) is 24.3 Å². The first kappa shape index (κ1) is 16.8. The van der Waals surface area contributed by atoms with E-state index in [4.69, 9.17) is 25.3 Å². The maximum absolute atomic E-state index is 5.82. The third-order valence-electron chi connectivity index (χ3n) is 2.93. The molecule has 0 unspecified atom stereocenters. The molecule has 9 heteroatoms. The van der Waals surface area contributed by atoms with Crippen molar-refractivity contribution in [3.05, 3.63) is 46.9 Å². The van der Waals surface area contributed by atoms with Crippen LogP contribution in [0.15, 0.2) is 38.4 Å². The zero-order valence-corrected chi connectivity index (χ0v) is 14.7. The average Bonchev–Trinajstić information content (AvgIpc) is 3.22. The van der Waals surface area contributed by atoms with E-state index in [2.05, 4.69) is 20.3 Å². The Labute approximate surface area is 147 Å². The minimum atomic E-state index is 0.189. The summed E-state index contributed by atoms with van der Waals surface area (Å²) in [5.74, 6) is 2.99. The average molecular weight is 367 g/mol. The van der Waals surface area contributed by atoms with E-state index in [9.17, 15) is 0 Å². The molecule has 2 aromatic heterocycles. The van der Waals surface area contributed by atoms with Crippen LogP contribution >= 0.6 is 23.4 Å². The smallest absolute Gasteiger partial charge is 0.277 e. The third kappa shape index (κ3) is 4.48. The first-order valence-corrected chi connectivity index (χ1v) is 8.62. The van der Waals surface area contributed by atoms with Gasteiger partial charge in [-0.1, -0.05) is 42.4 Å². The van der Waals surface area contributed by atoms with Crippen LogP contribution in [0.4, 0.5) is 0 Å². The van der Waals surface area contributed by atoms with Crippen molar-refractivity contribution in [3.8, 4) is 5.75 Å². The van der Waals surface area contributed by atoms with Gasteiger partial charge in [-0.2, -0.15) is 4.98 Å². The van der Waals surface area contributed by atoms with E-state index in [1.165, 1.54) is 11.8 Å². The predicted molar refractivity (Wildman–Crippen MR) is 88.0 cm³/mol. The van der Waals surface area contributed by atoms with Crippen LogP contribution < -0.4 is 4.74 Å². The summed E-state index contributed by atoms with van der Waals surface area (Å²) in [6, 6.07) is 7.05. The van der Waals surface area contributed by atoms with E-state index in [1.807, 2.05) is 13.8 Å². The second kappa shape index (κ2) is 7.67. The molecule has 3 rings (SSSR count). The number of aromatic nitrogens is 4. The number of rotatable bonds is 7. The van der Waals surface area contributed by atoms with Gasteiger partial charge in [0.05, 0.1) is 5.75 Å². The molecule has 0 bridgehead atoms. The zero-order valence-electron chi connectivity index (χ0n) is 13.1. The highest BCUT2D eigenvalue weighted by Gasteiger charge is 2.13. The summed E-state index contributed by atoms with van der Waals surface area (Å²) in [6.45, 7) is 4.18. The number of halogens is 1. The van der Waals surface area contributed by atoms with Gasteiger partial charge in [0.1, 0.15) is 5.75 Å². The normalized spacial score (nSPS) is 11.2. The lowest BCUT2D eigenvalue weighted by atomic mass is 10.2. The Kier molecular flexibility index (Phi) is 5.37. The van der Waals surface area contributed by atoms with Crippen molar-refractivity contribution in [2.45, 2.75) is 37.3 Å². The van der Waals surface area contributed by atoms with Gasteiger partial charge in [0.25, 0.3) is 11.1 Å². The van der Waals surface area contributed by atoms with Crippen molar-refractivity contribution in [1.29, 1.82) is 0 Å². The minimum Gasteiger partial charge on any atom is -0.484 e. The van der Waals surface area contributed by atoms with E-state index in [-0.39, 0.29) is 12.5 Å². The van der Waals surface area contributed by atoms with E-state index in [0.29, 0.717) is 39.4 Å². The van der Waals surface area contributed by atoms with Crippen molar-refractivity contribution in [2.24, 2.45) is 0 Å². The summed E-state index contributed by atoms with van der Waals surface area (Å²) in [7, 11) is 0. The Morgan fingerprint density at radius 3 is 2.71 bits per heavy atom. The molecule has 24 heavy (non-hydrogen) atoms. The second-order valence-corrected chi connectivity index (χ2v) is 6.56. The SMILES string of the molecule is CC(C)c1nc(CSc2nnc(COc3ccc(Cl)cc3)o2)no1. The molecule has 0 saturated carbocycles. The van der Waals surface area contributed by atoms with Gasteiger partial charge in [0, 0.05) is 10.9 Å². The number of ether oxygens (including phenoxy) is 1. The molecule has 126 valence electrons. The first-order chi connectivity index (χ1) is 11.6. The molecule has 0 radical (unpaired) electrons. The molecule has 0 amide bonds. The fourth-order valence-electron chi connectivity index (χ4n) is 1.72. The standard InChI is InChI=1S/C15H15ClN4O3S/c1-9(2)14-17-12(20-23-14)8-24-15-19-18-13(22-15)7-21-11-5-3-10(16)4-6-11/h3-6,9H,7-8H2,1-2H3. The van der Waals surface area contributed by atoms with Crippen LogP contribution in [0, 0.1) is 0 Å². The third-order valence-corrected chi connectivity index (χ3v) is 3.99. The molecule has 7 nitrogen and oxygen atoms in total. The Morgan fingerprint density at radius 1 is 1.21 bits per heavy atom. The monoisotopic (exact) mass is 366 g/mol. The van der Waals surface area contributed by atoms with Gasteiger partial charge in [-0.05, 0) is 24.3 Å². The van der Waals surface area contributed by atoms with Crippen molar-refractivity contribution in [1.82, 2.24) is 20.3 Å². The summed E-state index contributed by atoms with van der Waals surface area (Å²) >= 11 is 7.16. The number of benzene rings is 1. The molecule has 0 fully saturated rings. The lowest BCUT2D eigenvalue weighted by Gasteiger charge is -2.02. The summed E-state index contributed by atoms with van der Waals surface area (Å²) in [4.78, 5) is 4.29. The molecule has 0 N–H and O–H groups in total. The van der Waals surface area contributed by atoms with Gasteiger partial charge in [-0.15, -0.1) is 10.2 Å². The fraction of sp³-hybridized carbons (Fsp3) is 0.333.